The second kappa shape index (κ2) is 10.5. The normalized spacial score (nSPS) is 22.2. The summed E-state index contributed by atoms with van der Waals surface area (Å²) in [6.07, 6.45) is 0. The summed E-state index contributed by atoms with van der Waals surface area (Å²) in [5.41, 5.74) is -4.84. The third-order valence-corrected chi connectivity index (χ3v) is 7.72. The predicted molar refractivity (Wildman–Crippen MR) is 145 cm³/mol. The van der Waals surface area contributed by atoms with Crippen LogP contribution in [0.5, 0.6) is 11.5 Å². The fraction of sp³-hybridized carbons (Fsp3) is 0.276. The quantitative estimate of drug-likeness (QED) is 0.179. The molecule has 11 nitrogen and oxygen atoms in total. The lowest BCUT2D eigenvalue weighted by Gasteiger charge is -2.37. The number of fused-ring (bicyclic) bond motifs is 1. The van der Waals surface area contributed by atoms with Gasteiger partial charge in [0.2, 0.25) is 16.9 Å². The highest BCUT2D eigenvalue weighted by Gasteiger charge is 2.77. The third-order valence-electron chi connectivity index (χ3n) is 7.37. The molecule has 1 spiro atoms. The summed E-state index contributed by atoms with van der Waals surface area (Å²) >= 11 is 6.67. The predicted octanol–water partition coefficient (Wildman–Crippen LogP) is 4.26. The third kappa shape index (κ3) is 4.11. The second-order valence-electron chi connectivity index (χ2n) is 9.50. The second-order valence-corrected chi connectivity index (χ2v) is 9.91. The minimum absolute atomic E-state index is 0.105. The van der Waals surface area contributed by atoms with E-state index in [1.807, 2.05) is 0 Å². The van der Waals surface area contributed by atoms with Crippen molar-refractivity contribution in [3.63, 3.8) is 0 Å². The number of nitro benzene ring substituents is 1. The Kier molecular flexibility index (Phi) is 7.18. The number of carbonyl (C=O) groups is 3. The zero-order valence-corrected chi connectivity index (χ0v) is 22.7. The molecule has 2 N–H and O–H groups in total. The number of nitrogens with one attached hydrogen (secondary N) is 1. The molecule has 212 valence electrons. The molecule has 3 aromatic rings. The first-order valence-corrected chi connectivity index (χ1v) is 13.2. The SMILES string of the molecule is CCOC(=O)C1(C(=O)OCC)N[C@H](c2cc([N+](=O)[O-])ccc2O)[C@]2(Oc3ccccc3C2=O)[C@@H]1c1ccccc1Cl. The molecular weight excluding hydrogens is 556 g/mol. The molecule has 0 aromatic heterocycles. The highest BCUT2D eigenvalue weighted by Crippen LogP contribution is 2.60. The summed E-state index contributed by atoms with van der Waals surface area (Å²) in [6.45, 7) is 2.82. The zero-order valence-electron chi connectivity index (χ0n) is 22.0. The van der Waals surface area contributed by atoms with Crippen LogP contribution in [0.3, 0.4) is 0 Å². The van der Waals surface area contributed by atoms with E-state index in [0.717, 1.165) is 18.2 Å². The lowest BCUT2D eigenvalue weighted by Crippen LogP contribution is -2.61. The number of aromatic hydroxyl groups is 1. The van der Waals surface area contributed by atoms with Crippen molar-refractivity contribution < 1.29 is 38.6 Å². The fourth-order valence-electron chi connectivity index (χ4n) is 5.76. The smallest absolute Gasteiger partial charge is 0.338 e. The Labute approximate surface area is 239 Å². The topological polar surface area (TPSA) is 154 Å². The molecule has 0 bridgehead atoms. The number of ether oxygens (including phenoxy) is 3. The molecule has 5 rings (SSSR count). The van der Waals surface area contributed by atoms with E-state index in [2.05, 4.69) is 5.32 Å². The number of benzene rings is 3. The van der Waals surface area contributed by atoms with Crippen LogP contribution in [0.4, 0.5) is 5.69 Å². The number of ketones is 1. The summed E-state index contributed by atoms with van der Waals surface area (Å²) in [5, 5.41) is 25.8. The minimum Gasteiger partial charge on any atom is -0.508 e. The monoisotopic (exact) mass is 580 g/mol. The number of phenols is 1. The van der Waals surface area contributed by atoms with E-state index in [4.69, 9.17) is 25.8 Å². The maximum Gasteiger partial charge on any atom is 0.338 e. The van der Waals surface area contributed by atoms with Crippen LogP contribution in [0, 0.1) is 10.1 Å². The molecule has 2 heterocycles. The molecule has 0 aliphatic carbocycles. The van der Waals surface area contributed by atoms with Crippen LogP contribution in [0.15, 0.2) is 66.7 Å². The number of esters is 2. The van der Waals surface area contributed by atoms with Crippen molar-refractivity contribution >= 4 is 35.0 Å². The Bertz CT molecular complexity index is 1560. The molecule has 0 radical (unpaired) electrons. The Balaban J connectivity index is 1.91. The zero-order chi connectivity index (χ0) is 29.5. The van der Waals surface area contributed by atoms with Crippen LogP contribution in [-0.4, -0.2) is 52.1 Å². The largest absolute Gasteiger partial charge is 0.508 e. The van der Waals surface area contributed by atoms with Crippen molar-refractivity contribution in [1.29, 1.82) is 0 Å². The van der Waals surface area contributed by atoms with Crippen molar-refractivity contribution in [1.82, 2.24) is 5.32 Å². The average molecular weight is 581 g/mol. The molecular formula is C29H25ClN2O9. The highest BCUT2D eigenvalue weighted by molar-refractivity contribution is 6.31. The summed E-state index contributed by atoms with van der Waals surface area (Å²) < 4.78 is 17.3. The molecule has 2 aliphatic heterocycles. The molecule has 1 fully saturated rings. The standard InChI is InChI=1S/C29H25ClN2O9/c1-3-39-26(35)28(27(36)40-4-2)23(17-9-5-7-11-20(17)30)29(25(34)18-10-6-8-12-22(18)41-29)24(31-28)19-15-16(32(37)38)13-14-21(19)33/h5-15,23-24,31,33H,3-4H2,1-2H3/t23-,24-,29-/m1/s1. The fourth-order valence-corrected chi connectivity index (χ4v) is 6.01. The average Bonchev–Trinajstić information content (AvgIpc) is 3.42. The molecule has 3 aromatic carbocycles. The van der Waals surface area contributed by atoms with E-state index in [1.54, 1.807) is 50.2 Å². The number of hydrogen-bond acceptors (Lipinski definition) is 10. The molecule has 3 atom stereocenters. The van der Waals surface area contributed by atoms with Crippen molar-refractivity contribution in [3.05, 3.63) is 98.6 Å². The summed E-state index contributed by atoms with van der Waals surface area (Å²) in [4.78, 5) is 53.5. The van der Waals surface area contributed by atoms with Crippen LogP contribution in [0.2, 0.25) is 5.02 Å². The lowest BCUT2D eigenvalue weighted by molar-refractivity contribution is -0.385. The first-order chi connectivity index (χ1) is 19.6. The van der Waals surface area contributed by atoms with Gasteiger partial charge in [0.05, 0.1) is 35.7 Å². The summed E-state index contributed by atoms with van der Waals surface area (Å²) in [6, 6.07) is 14.4. The number of halogens is 1. The van der Waals surface area contributed by atoms with E-state index in [1.165, 1.54) is 12.1 Å². The molecule has 2 aliphatic rings. The van der Waals surface area contributed by atoms with E-state index >= 15 is 0 Å². The summed E-state index contributed by atoms with van der Waals surface area (Å²) in [5.74, 6) is -4.62. The summed E-state index contributed by atoms with van der Waals surface area (Å²) in [7, 11) is 0. The first-order valence-electron chi connectivity index (χ1n) is 12.8. The van der Waals surface area contributed by atoms with Crippen LogP contribution in [0.25, 0.3) is 0 Å². The number of para-hydroxylation sites is 1. The van der Waals surface area contributed by atoms with Crippen LogP contribution >= 0.6 is 11.6 Å². The van der Waals surface area contributed by atoms with E-state index < -0.39 is 57.2 Å². The minimum atomic E-state index is -2.43. The van der Waals surface area contributed by atoms with Gasteiger partial charge in [-0.15, -0.1) is 0 Å². The Morgan fingerprint density at radius 3 is 2.27 bits per heavy atom. The van der Waals surface area contributed by atoms with Gasteiger partial charge in [-0.05, 0) is 43.7 Å². The number of nitro groups is 1. The number of phenolic OH excluding ortho intramolecular Hbond substituents is 1. The first kappa shape index (κ1) is 28.1. The van der Waals surface area contributed by atoms with Gasteiger partial charge in [-0.2, -0.15) is 0 Å². The van der Waals surface area contributed by atoms with Crippen LogP contribution in [-0.2, 0) is 19.1 Å². The van der Waals surface area contributed by atoms with Gasteiger partial charge < -0.3 is 19.3 Å². The van der Waals surface area contributed by atoms with Gasteiger partial charge in [-0.1, -0.05) is 41.9 Å². The number of Topliss-reactive ketones (excluding diaryl/α,β-unsaturated/α-hetero) is 1. The van der Waals surface area contributed by atoms with Crippen molar-refractivity contribution in [2.45, 2.75) is 36.9 Å². The number of nitrogens with zero attached hydrogens (tertiary/aromatic N) is 1. The number of rotatable bonds is 7. The van der Waals surface area contributed by atoms with Crippen LogP contribution < -0.4 is 10.1 Å². The lowest BCUT2D eigenvalue weighted by atomic mass is 9.68. The van der Waals surface area contributed by atoms with Gasteiger partial charge in [0.15, 0.2) is 0 Å². The molecule has 0 amide bonds. The van der Waals surface area contributed by atoms with Gasteiger partial charge in [0, 0.05) is 22.7 Å². The van der Waals surface area contributed by atoms with Crippen molar-refractivity contribution in [2.75, 3.05) is 13.2 Å². The van der Waals surface area contributed by atoms with Crippen molar-refractivity contribution in [3.8, 4) is 11.5 Å². The number of non-ortho nitro benzene ring substituents is 1. The van der Waals surface area contributed by atoms with E-state index in [9.17, 15) is 29.6 Å². The highest BCUT2D eigenvalue weighted by atomic mass is 35.5. The molecule has 12 heteroatoms. The van der Waals surface area contributed by atoms with Gasteiger partial charge >= 0.3 is 11.9 Å². The van der Waals surface area contributed by atoms with Crippen LogP contribution in [0.1, 0.15) is 47.3 Å². The molecule has 0 saturated carbocycles. The Morgan fingerprint density at radius 1 is 1.02 bits per heavy atom. The maximum atomic E-state index is 14.6. The maximum absolute atomic E-state index is 14.6. The van der Waals surface area contributed by atoms with E-state index in [-0.39, 0.29) is 40.7 Å². The molecule has 1 saturated heterocycles. The molecule has 0 unspecified atom stereocenters. The van der Waals surface area contributed by atoms with Gasteiger partial charge in [-0.3, -0.25) is 20.2 Å². The molecule has 41 heavy (non-hydrogen) atoms. The van der Waals surface area contributed by atoms with Crippen molar-refractivity contribution in [2.24, 2.45) is 0 Å². The Hall–Kier alpha value is -4.48. The van der Waals surface area contributed by atoms with E-state index in [0.29, 0.717) is 0 Å². The number of carbonyl (C=O) groups excluding carboxylic acids is 3. The van der Waals surface area contributed by atoms with Gasteiger partial charge in [0.1, 0.15) is 11.5 Å². The number of hydrogen-bond donors (Lipinski definition) is 2. The Morgan fingerprint density at radius 2 is 1.66 bits per heavy atom. The van der Waals surface area contributed by atoms with Gasteiger partial charge in [-0.25, -0.2) is 9.59 Å². The van der Waals surface area contributed by atoms with Gasteiger partial charge in [0.25, 0.3) is 5.69 Å².